The molecule has 1 saturated carbocycles. The van der Waals surface area contributed by atoms with Gasteiger partial charge in [-0.3, -0.25) is 9.59 Å². The SMILES string of the molecule is Cc1cc(NC2CCN(C(=O)CCCCCC(=O)O)CC2)nc(NCc2nnn(CCCNCCCNC3CCCCC3)n2)n1. The average Bonchev–Trinajstić information content (AvgIpc) is 3.49. The Morgan fingerprint density at radius 2 is 1.69 bits per heavy atom. The van der Waals surface area contributed by atoms with Crippen LogP contribution in [-0.2, 0) is 22.7 Å². The standard InChI is InChI=1S/C31H53N11O3/c1-24-22-27(36-26-14-20-41(21-15-26)29(43)12-6-3-7-13-30(44)45)37-31(35-24)34-23-28-38-40-42(39-28)19-9-17-32-16-8-18-33-25-10-4-2-5-11-25/h22,25-26,32-33H,2-21,23H2,1H3,(H,44,45)(H2,34,35,36,37). The smallest absolute Gasteiger partial charge is 0.303 e. The number of carboxylic acids is 1. The normalized spacial score (nSPS) is 16.2. The Hall–Kier alpha value is -3.39. The van der Waals surface area contributed by atoms with Gasteiger partial charge in [0.1, 0.15) is 5.82 Å². The molecule has 2 aromatic rings. The monoisotopic (exact) mass is 627 g/mol. The molecule has 0 radical (unpaired) electrons. The van der Waals surface area contributed by atoms with Gasteiger partial charge < -0.3 is 31.3 Å². The molecule has 0 bridgehead atoms. The summed E-state index contributed by atoms with van der Waals surface area (Å²) in [6.07, 6.45) is 13.4. The summed E-state index contributed by atoms with van der Waals surface area (Å²) >= 11 is 0. The van der Waals surface area contributed by atoms with Gasteiger partial charge in [-0.2, -0.15) is 9.78 Å². The zero-order valence-electron chi connectivity index (χ0n) is 27.0. The number of hydrogen-bond donors (Lipinski definition) is 5. The summed E-state index contributed by atoms with van der Waals surface area (Å²) in [5.41, 5.74) is 0.847. The number of likely N-dealkylation sites (tertiary alicyclic amines) is 1. The Kier molecular flexibility index (Phi) is 14.7. The Morgan fingerprint density at radius 1 is 0.911 bits per heavy atom. The number of hydrogen-bond acceptors (Lipinski definition) is 11. The highest BCUT2D eigenvalue weighted by atomic mass is 16.4. The number of aliphatic carboxylic acids is 1. The lowest BCUT2D eigenvalue weighted by atomic mass is 9.95. The van der Waals surface area contributed by atoms with Crippen molar-refractivity contribution in [1.29, 1.82) is 0 Å². The number of amides is 1. The molecule has 0 aromatic carbocycles. The van der Waals surface area contributed by atoms with Gasteiger partial charge in [0.15, 0.2) is 5.82 Å². The van der Waals surface area contributed by atoms with Crippen molar-refractivity contribution >= 4 is 23.6 Å². The molecular weight excluding hydrogens is 574 g/mol. The molecule has 0 spiro atoms. The first-order chi connectivity index (χ1) is 21.9. The van der Waals surface area contributed by atoms with Crippen LogP contribution in [0.5, 0.6) is 0 Å². The largest absolute Gasteiger partial charge is 0.481 e. The first-order valence-electron chi connectivity index (χ1n) is 17.0. The van der Waals surface area contributed by atoms with Gasteiger partial charge in [-0.25, -0.2) is 4.98 Å². The molecule has 5 N–H and O–H groups in total. The maximum absolute atomic E-state index is 12.5. The molecule has 1 saturated heterocycles. The molecule has 45 heavy (non-hydrogen) atoms. The van der Waals surface area contributed by atoms with E-state index >= 15 is 0 Å². The number of anilines is 2. The van der Waals surface area contributed by atoms with Crippen LogP contribution in [0.2, 0.25) is 0 Å². The molecule has 0 unspecified atom stereocenters. The van der Waals surface area contributed by atoms with Crippen molar-refractivity contribution < 1.29 is 14.7 Å². The predicted molar refractivity (Wildman–Crippen MR) is 173 cm³/mol. The van der Waals surface area contributed by atoms with Crippen LogP contribution in [-0.4, -0.2) is 96.9 Å². The minimum atomic E-state index is -0.781. The van der Waals surface area contributed by atoms with E-state index in [1.807, 2.05) is 17.9 Å². The lowest BCUT2D eigenvalue weighted by Crippen LogP contribution is -2.42. The van der Waals surface area contributed by atoms with E-state index in [1.165, 1.54) is 32.1 Å². The van der Waals surface area contributed by atoms with Gasteiger partial charge in [0.25, 0.3) is 0 Å². The van der Waals surface area contributed by atoms with Crippen LogP contribution in [0.1, 0.15) is 101 Å². The van der Waals surface area contributed by atoms with Crippen LogP contribution in [0.4, 0.5) is 11.8 Å². The maximum Gasteiger partial charge on any atom is 0.303 e. The van der Waals surface area contributed by atoms with Gasteiger partial charge in [0.2, 0.25) is 11.9 Å². The lowest BCUT2D eigenvalue weighted by Gasteiger charge is -2.32. The highest BCUT2D eigenvalue weighted by Crippen LogP contribution is 2.19. The first kappa shape index (κ1) is 34.5. The molecular formula is C31H53N11O3. The molecule has 1 aliphatic heterocycles. The molecule has 2 aromatic heterocycles. The number of unbranched alkanes of at least 4 members (excludes halogenated alkanes) is 2. The van der Waals surface area contributed by atoms with E-state index in [1.54, 1.807) is 4.80 Å². The fourth-order valence-corrected chi connectivity index (χ4v) is 5.99. The number of piperidine rings is 1. The van der Waals surface area contributed by atoms with Crippen molar-refractivity contribution in [2.24, 2.45) is 0 Å². The molecule has 1 amide bonds. The molecule has 3 heterocycles. The summed E-state index contributed by atoms with van der Waals surface area (Å²) in [7, 11) is 0. The number of rotatable bonds is 20. The maximum atomic E-state index is 12.5. The Labute approximate surface area is 266 Å². The third kappa shape index (κ3) is 13.2. The number of carbonyl (C=O) groups is 2. The van der Waals surface area contributed by atoms with Crippen molar-refractivity contribution in [3.63, 3.8) is 0 Å². The quantitative estimate of drug-likeness (QED) is 0.136. The highest BCUT2D eigenvalue weighted by Gasteiger charge is 2.23. The van der Waals surface area contributed by atoms with E-state index < -0.39 is 5.97 Å². The van der Waals surface area contributed by atoms with Gasteiger partial charge >= 0.3 is 5.97 Å². The second kappa shape index (κ2) is 19.2. The zero-order valence-corrected chi connectivity index (χ0v) is 27.0. The third-order valence-electron chi connectivity index (χ3n) is 8.51. The fraction of sp³-hybridized carbons (Fsp3) is 0.774. The summed E-state index contributed by atoms with van der Waals surface area (Å²) in [5, 5.41) is 35.5. The number of nitrogens with one attached hydrogen (secondary N) is 4. The van der Waals surface area contributed by atoms with Crippen molar-refractivity contribution in [2.45, 2.75) is 122 Å². The molecule has 250 valence electrons. The van der Waals surface area contributed by atoms with Crippen LogP contribution >= 0.6 is 0 Å². The van der Waals surface area contributed by atoms with E-state index in [0.29, 0.717) is 50.8 Å². The van der Waals surface area contributed by atoms with Gasteiger partial charge in [0.05, 0.1) is 13.1 Å². The number of aromatic nitrogens is 6. The lowest BCUT2D eigenvalue weighted by molar-refractivity contribution is -0.137. The molecule has 2 aliphatic rings. The predicted octanol–water partition coefficient (Wildman–Crippen LogP) is 3.11. The van der Waals surface area contributed by atoms with Crippen LogP contribution < -0.4 is 21.3 Å². The van der Waals surface area contributed by atoms with Crippen LogP contribution in [0.15, 0.2) is 6.07 Å². The molecule has 2 fully saturated rings. The first-order valence-corrected chi connectivity index (χ1v) is 17.0. The summed E-state index contributed by atoms with van der Waals surface area (Å²) in [6.45, 7) is 7.47. The van der Waals surface area contributed by atoms with Crippen molar-refractivity contribution in [2.75, 3.05) is 43.4 Å². The average molecular weight is 628 g/mol. The Balaban J connectivity index is 1.08. The molecule has 14 nitrogen and oxygen atoms in total. The van der Waals surface area contributed by atoms with Crippen molar-refractivity contribution in [1.82, 2.24) is 45.7 Å². The van der Waals surface area contributed by atoms with Gasteiger partial charge in [-0.05, 0) is 83.1 Å². The number of carbonyl (C=O) groups excluding carboxylic acids is 1. The second-order valence-corrected chi connectivity index (χ2v) is 12.4. The Bertz CT molecular complexity index is 1160. The van der Waals surface area contributed by atoms with Gasteiger partial charge in [0, 0.05) is 49.8 Å². The molecule has 0 atom stereocenters. The zero-order chi connectivity index (χ0) is 31.7. The van der Waals surface area contributed by atoms with Gasteiger partial charge in [-0.1, -0.05) is 25.7 Å². The molecule has 14 heteroatoms. The second-order valence-electron chi connectivity index (χ2n) is 12.4. The van der Waals surface area contributed by atoms with Gasteiger partial charge in [-0.15, -0.1) is 10.2 Å². The van der Waals surface area contributed by atoms with Crippen LogP contribution in [0.25, 0.3) is 0 Å². The van der Waals surface area contributed by atoms with Crippen molar-refractivity contribution in [3.8, 4) is 0 Å². The van der Waals surface area contributed by atoms with E-state index in [-0.39, 0.29) is 18.4 Å². The highest BCUT2D eigenvalue weighted by molar-refractivity contribution is 5.76. The summed E-state index contributed by atoms with van der Waals surface area (Å²) < 4.78 is 0. The minimum absolute atomic E-state index is 0.156. The minimum Gasteiger partial charge on any atom is -0.481 e. The third-order valence-corrected chi connectivity index (χ3v) is 8.51. The number of nitrogens with zero attached hydrogens (tertiary/aromatic N) is 7. The van der Waals surface area contributed by atoms with Crippen LogP contribution in [0.3, 0.4) is 0 Å². The fourth-order valence-electron chi connectivity index (χ4n) is 5.99. The molecule has 4 rings (SSSR count). The summed E-state index contributed by atoms with van der Waals surface area (Å²) in [4.78, 5) is 35.9. The van der Waals surface area contributed by atoms with Crippen LogP contribution in [0, 0.1) is 6.92 Å². The van der Waals surface area contributed by atoms with E-state index in [4.69, 9.17) is 5.11 Å². The number of aryl methyl sites for hydroxylation is 2. The van der Waals surface area contributed by atoms with Crippen molar-refractivity contribution in [3.05, 3.63) is 17.6 Å². The van der Waals surface area contributed by atoms with E-state index in [0.717, 1.165) is 75.7 Å². The summed E-state index contributed by atoms with van der Waals surface area (Å²) in [6, 6.07) is 2.88. The summed E-state index contributed by atoms with van der Waals surface area (Å²) in [5.74, 6) is 1.23. The van der Waals surface area contributed by atoms with E-state index in [9.17, 15) is 9.59 Å². The number of carboxylic acid groups (broad SMARTS) is 1. The Morgan fingerprint density at radius 3 is 2.49 bits per heavy atom. The molecule has 1 aliphatic carbocycles. The number of tetrazole rings is 1. The van der Waals surface area contributed by atoms with E-state index in [2.05, 4.69) is 46.6 Å². The topological polar surface area (TPSA) is 175 Å².